The van der Waals surface area contributed by atoms with E-state index in [1.54, 1.807) is 25.3 Å². The van der Waals surface area contributed by atoms with E-state index in [9.17, 15) is 10.1 Å². The maximum Gasteiger partial charge on any atom is 0.266 e. The number of amides is 1. The standard InChI is InChI=1S/C28H22N2O3/c1-32-27-16-21(11-14-26(27)33-19-20-7-3-2-4-8-20)15-24(18-29)28(31)30-25-13-12-22-9-5-6-10-23(22)17-25/h2-17H,19H2,1H3,(H,30,31)/b24-15+. The number of nitrogens with zero attached hydrogens (tertiary/aromatic N) is 1. The molecule has 0 saturated heterocycles. The number of benzene rings is 4. The smallest absolute Gasteiger partial charge is 0.266 e. The van der Waals surface area contributed by atoms with Crippen molar-refractivity contribution in [2.24, 2.45) is 0 Å². The van der Waals surface area contributed by atoms with Gasteiger partial charge in [-0.2, -0.15) is 5.26 Å². The van der Waals surface area contributed by atoms with Gasteiger partial charge in [-0.05, 0) is 52.2 Å². The van der Waals surface area contributed by atoms with Crippen molar-refractivity contribution in [3.63, 3.8) is 0 Å². The normalized spacial score (nSPS) is 11.0. The highest BCUT2D eigenvalue weighted by Gasteiger charge is 2.12. The summed E-state index contributed by atoms with van der Waals surface area (Å²) >= 11 is 0. The van der Waals surface area contributed by atoms with Gasteiger partial charge >= 0.3 is 0 Å². The van der Waals surface area contributed by atoms with Gasteiger partial charge < -0.3 is 14.8 Å². The van der Waals surface area contributed by atoms with Crippen molar-refractivity contribution < 1.29 is 14.3 Å². The second-order valence-electron chi connectivity index (χ2n) is 7.37. The van der Waals surface area contributed by atoms with Gasteiger partial charge in [0.15, 0.2) is 11.5 Å². The first kappa shape index (κ1) is 21.7. The zero-order valence-electron chi connectivity index (χ0n) is 18.1. The number of nitrogens with one attached hydrogen (secondary N) is 1. The quantitative estimate of drug-likeness (QED) is 0.287. The van der Waals surface area contributed by atoms with Crippen molar-refractivity contribution in [3.8, 4) is 17.6 Å². The number of ether oxygens (including phenoxy) is 2. The van der Waals surface area contributed by atoms with E-state index in [1.807, 2.05) is 78.9 Å². The lowest BCUT2D eigenvalue weighted by Crippen LogP contribution is -2.13. The maximum absolute atomic E-state index is 12.7. The maximum atomic E-state index is 12.7. The highest BCUT2D eigenvalue weighted by Crippen LogP contribution is 2.30. The summed E-state index contributed by atoms with van der Waals surface area (Å²) in [6, 6.07) is 30.6. The predicted molar refractivity (Wildman–Crippen MR) is 130 cm³/mol. The fraction of sp³-hybridized carbons (Fsp3) is 0.0714. The number of nitriles is 1. The molecule has 1 amide bonds. The molecule has 4 rings (SSSR count). The summed E-state index contributed by atoms with van der Waals surface area (Å²) in [6.07, 6.45) is 1.53. The highest BCUT2D eigenvalue weighted by molar-refractivity contribution is 6.10. The Labute approximate surface area is 192 Å². The summed E-state index contributed by atoms with van der Waals surface area (Å²) in [5, 5.41) is 14.4. The molecule has 0 saturated carbocycles. The lowest BCUT2D eigenvalue weighted by Gasteiger charge is -2.11. The van der Waals surface area contributed by atoms with Crippen LogP contribution in [0.15, 0.2) is 96.6 Å². The van der Waals surface area contributed by atoms with E-state index in [0.29, 0.717) is 29.4 Å². The van der Waals surface area contributed by atoms with Crippen LogP contribution < -0.4 is 14.8 Å². The number of hydrogen-bond acceptors (Lipinski definition) is 4. The van der Waals surface area contributed by atoms with Gasteiger partial charge in [0.2, 0.25) is 0 Å². The summed E-state index contributed by atoms with van der Waals surface area (Å²) < 4.78 is 11.3. The van der Waals surface area contributed by atoms with Crippen LogP contribution >= 0.6 is 0 Å². The average molecular weight is 434 g/mol. The molecule has 0 aliphatic heterocycles. The molecule has 0 fully saturated rings. The van der Waals surface area contributed by atoms with Gasteiger partial charge in [0.1, 0.15) is 18.2 Å². The number of hydrogen-bond donors (Lipinski definition) is 1. The van der Waals surface area contributed by atoms with E-state index in [-0.39, 0.29) is 5.57 Å². The molecule has 0 aliphatic rings. The molecule has 0 aliphatic carbocycles. The van der Waals surface area contributed by atoms with E-state index in [0.717, 1.165) is 16.3 Å². The fourth-order valence-corrected chi connectivity index (χ4v) is 3.41. The second-order valence-corrected chi connectivity index (χ2v) is 7.37. The van der Waals surface area contributed by atoms with Gasteiger partial charge in [-0.25, -0.2) is 0 Å². The molecule has 0 bridgehead atoms. The minimum atomic E-state index is -0.476. The summed E-state index contributed by atoms with van der Waals surface area (Å²) in [7, 11) is 1.55. The number of carbonyl (C=O) groups is 1. The van der Waals surface area contributed by atoms with Gasteiger partial charge in [-0.3, -0.25) is 4.79 Å². The van der Waals surface area contributed by atoms with Crippen molar-refractivity contribution in [1.29, 1.82) is 5.26 Å². The average Bonchev–Trinajstić information content (AvgIpc) is 2.86. The molecule has 0 aromatic heterocycles. The van der Waals surface area contributed by atoms with Crippen LogP contribution in [-0.4, -0.2) is 13.0 Å². The zero-order valence-corrected chi connectivity index (χ0v) is 18.1. The lowest BCUT2D eigenvalue weighted by molar-refractivity contribution is -0.112. The van der Waals surface area contributed by atoms with Gasteiger partial charge in [-0.15, -0.1) is 0 Å². The summed E-state index contributed by atoms with van der Waals surface area (Å²) in [5.74, 6) is 0.626. The van der Waals surface area contributed by atoms with E-state index in [1.165, 1.54) is 6.08 Å². The first-order valence-electron chi connectivity index (χ1n) is 10.4. The van der Waals surface area contributed by atoms with Gasteiger partial charge in [0, 0.05) is 5.69 Å². The van der Waals surface area contributed by atoms with Crippen LogP contribution in [0.4, 0.5) is 5.69 Å². The van der Waals surface area contributed by atoms with E-state index < -0.39 is 5.91 Å². The molecule has 33 heavy (non-hydrogen) atoms. The Kier molecular flexibility index (Phi) is 6.67. The molecule has 0 radical (unpaired) electrons. The molecular weight excluding hydrogens is 412 g/mol. The largest absolute Gasteiger partial charge is 0.493 e. The Morgan fingerprint density at radius 1 is 0.909 bits per heavy atom. The van der Waals surface area contributed by atoms with Crippen molar-refractivity contribution in [3.05, 3.63) is 108 Å². The molecule has 0 unspecified atom stereocenters. The van der Waals surface area contributed by atoms with Crippen LogP contribution in [0.5, 0.6) is 11.5 Å². The van der Waals surface area contributed by atoms with Crippen LogP contribution in [0.1, 0.15) is 11.1 Å². The van der Waals surface area contributed by atoms with Crippen LogP contribution in [0, 0.1) is 11.3 Å². The molecular formula is C28H22N2O3. The first-order valence-corrected chi connectivity index (χ1v) is 10.4. The highest BCUT2D eigenvalue weighted by atomic mass is 16.5. The molecule has 0 atom stereocenters. The zero-order chi connectivity index (χ0) is 23.0. The van der Waals surface area contributed by atoms with Gasteiger partial charge in [-0.1, -0.05) is 66.7 Å². The molecule has 5 nitrogen and oxygen atoms in total. The van der Waals surface area contributed by atoms with Crippen molar-refractivity contribution in [2.75, 3.05) is 12.4 Å². The van der Waals surface area contributed by atoms with Crippen LogP contribution in [0.2, 0.25) is 0 Å². The Bertz CT molecular complexity index is 1350. The number of methoxy groups -OCH3 is 1. The molecule has 4 aromatic carbocycles. The minimum Gasteiger partial charge on any atom is -0.493 e. The molecule has 0 heterocycles. The van der Waals surface area contributed by atoms with Crippen molar-refractivity contribution >= 4 is 28.4 Å². The number of carbonyl (C=O) groups excluding carboxylic acids is 1. The third-order valence-electron chi connectivity index (χ3n) is 5.11. The molecule has 162 valence electrons. The van der Waals surface area contributed by atoms with Crippen molar-refractivity contribution in [2.45, 2.75) is 6.61 Å². The van der Waals surface area contributed by atoms with E-state index in [2.05, 4.69) is 5.32 Å². The Hall–Kier alpha value is -4.56. The summed E-state index contributed by atoms with van der Waals surface area (Å²) in [4.78, 5) is 12.7. The minimum absolute atomic E-state index is 0.0110. The Balaban J connectivity index is 1.50. The Morgan fingerprint density at radius 3 is 2.42 bits per heavy atom. The molecule has 5 heteroatoms. The summed E-state index contributed by atoms with van der Waals surface area (Å²) in [6.45, 7) is 0.407. The molecule has 0 spiro atoms. The van der Waals surface area contributed by atoms with E-state index in [4.69, 9.17) is 9.47 Å². The number of rotatable bonds is 7. The first-order chi connectivity index (χ1) is 16.2. The van der Waals surface area contributed by atoms with Crippen LogP contribution in [-0.2, 0) is 11.4 Å². The number of fused-ring (bicyclic) bond motifs is 1. The van der Waals surface area contributed by atoms with Crippen molar-refractivity contribution in [1.82, 2.24) is 0 Å². The van der Waals surface area contributed by atoms with E-state index >= 15 is 0 Å². The number of anilines is 1. The third kappa shape index (κ3) is 5.38. The van der Waals surface area contributed by atoms with Crippen LogP contribution in [0.3, 0.4) is 0 Å². The Morgan fingerprint density at radius 2 is 1.67 bits per heavy atom. The SMILES string of the molecule is COc1cc(/C=C(\C#N)C(=O)Nc2ccc3ccccc3c2)ccc1OCc1ccccc1. The van der Waals surface area contributed by atoms with Gasteiger partial charge in [0.25, 0.3) is 5.91 Å². The molecule has 1 N–H and O–H groups in total. The van der Waals surface area contributed by atoms with Gasteiger partial charge in [0.05, 0.1) is 7.11 Å². The van der Waals surface area contributed by atoms with Crippen LogP contribution in [0.25, 0.3) is 16.8 Å². The lowest BCUT2D eigenvalue weighted by atomic mass is 10.1. The monoisotopic (exact) mass is 434 g/mol. The molecule has 4 aromatic rings. The fourth-order valence-electron chi connectivity index (χ4n) is 3.41. The predicted octanol–water partition coefficient (Wildman–Crippen LogP) is 5.97. The topological polar surface area (TPSA) is 71.3 Å². The second kappa shape index (κ2) is 10.2. The third-order valence-corrected chi connectivity index (χ3v) is 5.11. The summed E-state index contributed by atoms with van der Waals surface area (Å²) in [5.41, 5.74) is 2.31.